The Bertz CT molecular complexity index is 950. The molecule has 1 heterocycles. The van der Waals surface area contributed by atoms with Gasteiger partial charge in [0, 0.05) is 25.7 Å². The van der Waals surface area contributed by atoms with Gasteiger partial charge in [-0.15, -0.1) is 0 Å². The van der Waals surface area contributed by atoms with E-state index in [1.54, 1.807) is 0 Å². The Morgan fingerprint density at radius 3 is 2.68 bits per heavy atom. The summed E-state index contributed by atoms with van der Waals surface area (Å²) in [5.74, 6) is 0.418. The van der Waals surface area contributed by atoms with Crippen molar-refractivity contribution in [2.24, 2.45) is 10.9 Å². The molecule has 0 radical (unpaired) electrons. The molecule has 0 unspecified atom stereocenters. The quantitative estimate of drug-likeness (QED) is 0.390. The molecular formula is C24H26Br2N2. The molecule has 0 saturated carbocycles. The maximum absolute atomic E-state index is 4.52. The Morgan fingerprint density at radius 2 is 2.04 bits per heavy atom. The van der Waals surface area contributed by atoms with E-state index in [4.69, 9.17) is 0 Å². The van der Waals surface area contributed by atoms with Crippen LogP contribution >= 0.6 is 31.9 Å². The molecule has 1 aromatic heterocycles. The fourth-order valence-corrected chi connectivity index (χ4v) is 3.72. The summed E-state index contributed by atoms with van der Waals surface area (Å²) in [5.41, 5.74) is 4.50. The third kappa shape index (κ3) is 6.39. The number of allylic oxidation sites excluding steroid dienone is 8. The smallest absolute Gasteiger partial charge is 0.0716 e. The van der Waals surface area contributed by atoms with E-state index >= 15 is 0 Å². The first-order chi connectivity index (χ1) is 13.5. The van der Waals surface area contributed by atoms with Crippen LogP contribution in [-0.4, -0.2) is 11.7 Å². The lowest BCUT2D eigenvalue weighted by Crippen LogP contribution is -1.90. The molecule has 4 heteroatoms. The van der Waals surface area contributed by atoms with E-state index in [0.717, 1.165) is 38.7 Å². The average Bonchev–Trinajstić information content (AvgIpc) is 2.70. The minimum atomic E-state index is 0.418. The number of aryl methyl sites for hydroxylation is 1. The Kier molecular flexibility index (Phi) is 9.07. The predicted octanol–water partition coefficient (Wildman–Crippen LogP) is 7.95. The molecule has 1 aromatic carbocycles. The minimum Gasteiger partial charge on any atom is -0.269 e. The highest BCUT2D eigenvalue weighted by Crippen LogP contribution is 2.25. The van der Waals surface area contributed by atoms with Gasteiger partial charge in [-0.05, 0) is 55.3 Å². The van der Waals surface area contributed by atoms with Crippen molar-refractivity contribution in [3.05, 3.63) is 86.6 Å². The SMILES string of the molecule is C=N/C(=C\C=C1/CC=CC=C1Br)C(C)C.CCc1cc(Br)c2ccccc2n1. The Morgan fingerprint density at radius 1 is 1.29 bits per heavy atom. The van der Waals surface area contributed by atoms with Gasteiger partial charge in [-0.25, -0.2) is 0 Å². The summed E-state index contributed by atoms with van der Waals surface area (Å²) >= 11 is 7.08. The Hall–Kier alpha value is -1.78. The minimum absolute atomic E-state index is 0.418. The van der Waals surface area contributed by atoms with Crippen LogP contribution < -0.4 is 0 Å². The number of nitrogens with zero attached hydrogens (tertiary/aromatic N) is 2. The van der Waals surface area contributed by atoms with Crippen LogP contribution in [0.1, 0.15) is 32.9 Å². The fraction of sp³-hybridized carbons (Fsp3) is 0.250. The lowest BCUT2D eigenvalue weighted by atomic mass is 10.1. The van der Waals surface area contributed by atoms with E-state index in [2.05, 4.69) is 106 Å². The molecule has 0 fully saturated rings. The normalized spacial score (nSPS) is 15.4. The summed E-state index contributed by atoms with van der Waals surface area (Å²) in [6, 6.07) is 10.2. The fourth-order valence-electron chi connectivity index (χ4n) is 2.68. The third-order valence-electron chi connectivity index (χ3n) is 4.33. The molecule has 1 aliphatic rings. The molecule has 0 aliphatic heterocycles. The third-order valence-corrected chi connectivity index (χ3v) is 5.76. The lowest BCUT2D eigenvalue weighted by Gasteiger charge is -2.07. The van der Waals surface area contributed by atoms with Crippen molar-refractivity contribution in [3.63, 3.8) is 0 Å². The highest BCUT2D eigenvalue weighted by Gasteiger charge is 2.03. The second kappa shape index (κ2) is 11.3. The molecule has 3 rings (SSSR count). The van der Waals surface area contributed by atoms with Crippen molar-refractivity contribution < 1.29 is 0 Å². The van der Waals surface area contributed by atoms with Gasteiger partial charge in [0.1, 0.15) is 0 Å². The topological polar surface area (TPSA) is 25.2 Å². The summed E-state index contributed by atoms with van der Waals surface area (Å²) in [7, 11) is 0. The summed E-state index contributed by atoms with van der Waals surface area (Å²) in [6.45, 7) is 9.92. The van der Waals surface area contributed by atoms with Crippen LogP contribution in [0.5, 0.6) is 0 Å². The number of para-hydroxylation sites is 1. The number of hydrogen-bond donors (Lipinski definition) is 0. The molecule has 0 bridgehead atoms. The van der Waals surface area contributed by atoms with Gasteiger partial charge in [0.25, 0.3) is 0 Å². The van der Waals surface area contributed by atoms with Crippen molar-refractivity contribution in [2.45, 2.75) is 33.6 Å². The standard InChI is InChI=1S/C13H16BrN.C11H10BrN/c1-10(2)13(15-3)9-8-11-6-4-5-7-12(11)14;1-2-8-7-10(12)9-5-3-4-6-11(9)13-8/h4-5,7-10H,3,6H2,1-2H3;3-7H,2H2,1H3/b11-8+,13-9-;. The zero-order valence-corrected chi connectivity index (χ0v) is 19.8. The number of pyridine rings is 1. The van der Waals surface area contributed by atoms with Crippen LogP contribution in [-0.2, 0) is 6.42 Å². The maximum Gasteiger partial charge on any atom is 0.0716 e. The van der Waals surface area contributed by atoms with Crippen LogP contribution in [0.3, 0.4) is 0 Å². The second-order valence-electron chi connectivity index (χ2n) is 6.71. The van der Waals surface area contributed by atoms with Gasteiger partial charge in [0.15, 0.2) is 0 Å². The lowest BCUT2D eigenvalue weighted by molar-refractivity contribution is 0.760. The zero-order chi connectivity index (χ0) is 20.5. The maximum atomic E-state index is 4.52. The summed E-state index contributed by atoms with van der Waals surface area (Å²) < 4.78 is 2.28. The first kappa shape index (κ1) is 22.5. The van der Waals surface area contributed by atoms with Crippen molar-refractivity contribution in [1.29, 1.82) is 0 Å². The van der Waals surface area contributed by atoms with Crippen molar-refractivity contribution >= 4 is 49.5 Å². The molecule has 0 saturated heterocycles. The largest absolute Gasteiger partial charge is 0.269 e. The molecule has 28 heavy (non-hydrogen) atoms. The number of hydrogen-bond acceptors (Lipinski definition) is 2. The molecule has 0 spiro atoms. The van der Waals surface area contributed by atoms with E-state index in [9.17, 15) is 0 Å². The first-order valence-corrected chi connectivity index (χ1v) is 11.0. The van der Waals surface area contributed by atoms with Crippen molar-refractivity contribution in [2.75, 3.05) is 0 Å². The van der Waals surface area contributed by atoms with Gasteiger partial charge in [0.05, 0.1) is 5.52 Å². The van der Waals surface area contributed by atoms with Gasteiger partial charge < -0.3 is 0 Å². The second-order valence-corrected chi connectivity index (χ2v) is 8.42. The van der Waals surface area contributed by atoms with E-state index in [0.29, 0.717) is 5.92 Å². The molecule has 2 nitrogen and oxygen atoms in total. The number of aliphatic imine (C=N–C) groups is 1. The van der Waals surface area contributed by atoms with Crippen LogP contribution in [0.4, 0.5) is 0 Å². The molecular weight excluding hydrogens is 476 g/mol. The van der Waals surface area contributed by atoms with Crippen LogP contribution in [0.2, 0.25) is 0 Å². The van der Waals surface area contributed by atoms with Gasteiger partial charge >= 0.3 is 0 Å². The summed E-state index contributed by atoms with van der Waals surface area (Å²) in [6.07, 6.45) is 12.3. The molecule has 1 aliphatic carbocycles. The number of aromatic nitrogens is 1. The van der Waals surface area contributed by atoms with E-state index in [1.807, 2.05) is 24.3 Å². The van der Waals surface area contributed by atoms with Crippen molar-refractivity contribution in [3.8, 4) is 0 Å². The van der Waals surface area contributed by atoms with E-state index in [1.165, 1.54) is 11.0 Å². The number of halogens is 2. The van der Waals surface area contributed by atoms with Crippen LogP contribution in [0.25, 0.3) is 10.9 Å². The first-order valence-electron chi connectivity index (χ1n) is 9.40. The van der Waals surface area contributed by atoms with E-state index < -0.39 is 0 Å². The highest BCUT2D eigenvalue weighted by molar-refractivity contribution is 9.12. The van der Waals surface area contributed by atoms with Gasteiger partial charge in [-0.3, -0.25) is 9.98 Å². The highest BCUT2D eigenvalue weighted by atomic mass is 79.9. The van der Waals surface area contributed by atoms with Crippen LogP contribution in [0, 0.1) is 5.92 Å². The zero-order valence-electron chi connectivity index (χ0n) is 16.6. The molecule has 0 amide bonds. The number of benzene rings is 1. The van der Waals surface area contributed by atoms with Crippen molar-refractivity contribution in [1.82, 2.24) is 4.98 Å². The van der Waals surface area contributed by atoms with Gasteiger partial charge in [0.2, 0.25) is 0 Å². The summed E-state index contributed by atoms with van der Waals surface area (Å²) in [4.78, 5) is 8.54. The summed E-state index contributed by atoms with van der Waals surface area (Å²) in [5, 5.41) is 1.18. The molecule has 2 aromatic rings. The molecule has 0 atom stereocenters. The number of fused-ring (bicyclic) bond motifs is 1. The van der Waals surface area contributed by atoms with Crippen LogP contribution in [0.15, 0.2) is 85.9 Å². The van der Waals surface area contributed by atoms with E-state index in [-0.39, 0.29) is 0 Å². The monoisotopic (exact) mass is 500 g/mol. The Labute approximate surface area is 185 Å². The molecule has 0 N–H and O–H groups in total. The average molecular weight is 502 g/mol. The number of rotatable bonds is 4. The van der Waals surface area contributed by atoms with Gasteiger partial charge in [-0.2, -0.15) is 0 Å². The predicted molar refractivity (Wildman–Crippen MR) is 130 cm³/mol. The van der Waals surface area contributed by atoms with Gasteiger partial charge in [-0.1, -0.05) is 89.1 Å². The molecule has 146 valence electrons. The Balaban J connectivity index is 0.000000202.